The van der Waals surface area contributed by atoms with E-state index in [-0.39, 0.29) is 18.0 Å². The summed E-state index contributed by atoms with van der Waals surface area (Å²) in [6, 6.07) is 0.294. The van der Waals surface area contributed by atoms with Crippen LogP contribution in [0.5, 0.6) is 0 Å². The molecule has 0 aromatic carbocycles. The fraction of sp³-hybridized carbons (Fsp3) is 0.900. The smallest absolute Gasteiger partial charge is 0.251 e. The molecule has 3 heteroatoms. The molecule has 0 spiro atoms. The van der Waals surface area contributed by atoms with Crippen LogP contribution in [0.25, 0.3) is 0 Å². The Hall–Kier alpha value is -0.570. The second-order valence-electron chi connectivity index (χ2n) is 3.86. The number of hydrogen-bond donors (Lipinski definition) is 1. The van der Waals surface area contributed by atoms with Crippen molar-refractivity contribution in [2.24, 2.45) is 0 Å². The largest absolute Gasteiger partial charge is 0.383 e. The van der Waals surface area contributed by atoms with E-state index in [0.29, 0.717) is 6.42 Å². The predicted molar refractivity (Wildman–Crippen MR) is 53.4 cm³/mol. The average molecular weight is 187 g/mol. The highest BCUT2D eigenvalue weighted by molar-refractivity contribution is 5.81. The molecule has 13 heavy (non-hydrogen) atoms. The Morgan fingerprint density at radius 2 is 1.62 bits per heavy atom. The van der Waals surface area contributed by atoms with Gasteiger partial charge in [-0.1, -0.05) is 6.92 Å². The zero-order chi connectivity index (χ0) is 10.6. The third kappa shape index (κ3) is 3.35. The first-order valence-electron chi connectivity index (χ1n) is 4.92. The molecule has 0 aromatic rings. The molecule has 0 aromatic heterocycles. The molecule has 0 rings (SSSR count). The van der Waals surface area contributed by atoms with Gasteiger partial charge in [-0.3, -0.25) is 4.79 Å². The van der Waals surface area contributed by atoms with Crippen molar-refractivity contribution in [2.45, 2.75) is 59.2 Å². The van der Waals surface area contributed by atoms with Gasteiger partial charge in [-0.15, -0.1) is 0 Å². The summed E-state index contributed by atoms with van der Waals surface area (Å²) < 4.78 is 0. The average Bonchev–Trinajstić information content (AvgIpc) is 2.01. The Kier molecular flexibility index (Phi) is 4.99. The number of amides is 1. The maximum absolute atomic E-state index is 11.6. The number of hydrogen-bond acceptors (Lipinski definition) is 2. The van der Waals surface area contributed by atoms with Gasteiger partial charge in [-0.2, -0.15) is 0 Å². The molecule has 3 nitrogen and oxygen atoms in total. The van der Waals surface area contributed by atoms with E-state index in [4.69, 9.17) is 0 Å². The van der Waals surface area contributed by atoms with Gasteiger partial charge < -0.3 is 10.0 Å². The molecule has 0 radical (unpaired) electrons. The highest BCUT2D eigenvalue weighted by Gasteiger charge is 2.24. The highest BCUT2D eigenvalue weighted by atomic mass is 16.3. The van der Waals surface area contributed by atoms with Crippen LogP contribution in [-0.2, 0) is 4.79 Å². The maximum Gasteiger partial charge on any atom is 0.251 e. The van der Waals surface area contributed by atoms with Gasteiger partial charge in [0.2, 0.25) is 0 Å². The van der Waals surface area contributed by atoms with Crippen molar-refractivity contribution in [1.29, 1.82) is 0 Å². The molecule has 0 aliphatic rings. The van der Waals surface area contributed by atoms with Crippen LogP contribution in [0.2, 0.25) is 0 Å². The molecule has 1 N–H and O–H groups in total. The summed E-state index contributed by atoms with van der Waals surface area (Å²) in [5.74, 6) is -0.160. The summed E-state index contributed by atoms with van der Waals surface area (Å²) in [6.07, 6.45) is -0.362. The minimum absolute atomic E-state index is 0.147. The van der Waals surface area contributed by atoms with Gasteiger partial charge >= 0.3 is 0 Å². The summed E-state index contributed by atoms with van der Waals surface area (Å²) >= 11 is 0. The number of nitrogens with zero attached hydrogens (tertiary/aromatic N) is 1. The van der Waals surface area contributed by atoms with Crippen LogP contribution in [0.4, 0.5) is 0 Å². The van der Waals surface area contributed by atoms with Crippen molar-refractivity contribution in [3.8, 4) is 0 Å². The van der Waals surface area contributed by atoms with Crippen LogP contribution in [0, 0.1) is 0 Å². The van der Waals surface area contributed by atoms with E-state index >= 15 is 0 Å². The van der Waals surface area contributed by atoms with Crippen LogP contribution >= 0.6 is 0 Å². The van der Waals surface area contributed by atoms with Gasteiger partial charge in [0, 0.05) is 12.1 Å². The number of carbonyl (C=O) groups is 1. The fourth-order valence-corrected chi connectivity index (χ4v) is 1.45. The van der Waals surface area contributed by atoms with Gasteiger partial charge in [0.25, 0.3) is 5.91 Å². The van der Waals surface area contributed by atoms with Crippen LogP contribution in [0.3, 0.4) is 0 Å². The van der Waals surface area contributed by atoms with E-state index in [2.05, 4.69) is 0 Å². The quantitative estimate of drug-likeness (QED) is 0.722. The minimum Gasteiger partial charge on any atom is -0.383 e. The van der Waals surface area contributed by atoms with E-state index in [9.17, 15) is 9.90 Å². The molecule has 0 aliphatic heterocycles. The minimum atomic E-state index is -0.843. The second-order valence-corrected chi connectivity index (χ2v) is 3.86. The summed E-state index contributed by atoms with van der Waals surface area (Å²) in [6.45, 7) is 9.64. The summed E-state index contributed by atoms with van der Waals surface area (Å²) in [5.41, 5.74) is 0. The van der Waals surface area contributed by atoms with E-state index in [1.54, 1.807) is 11.8 Å². The van der Waals surface area contributed by atoms with Crippen LogP contribution in [-0.4, -0.2) is 34.1 Å². The molecule has 0 saturated carbocycles. The van der Waals surface area contributed by atoms with Crippen molar-refractivity contribution in [1.82, 2.24) is 4.90 Å². The summed E-state index contributed by atoms with van der Waals surface area (Å²) in [4.78, 5) is 13.3. The Morgan fingerprint density at radius 1 is 1.23 bits per heavy atom. The standard InChI is InChI=1S/C10H21NO2/c1-6-9(12)10(13)11(7(2)3)8(4)5/h7-9,12H,6H2,1-5H3. The lowest BCUT2D eigenvalue weighted by atomic mass is 10.1. The van der Waals surface area contributed by atoms with Crippen molar-refractivity contribution < 1.29 is 9.90 Å². The fourth-order valence-electron chi connectivity index (χ4n) is 1.45. The van der Waals surface area contributed by atoms with E-state index in [0.717, 1.165) is 0 Å². The van der Waals surface area contributed by atoms with Crippen molar-refractivity contribution >= 4 is 5.91 Å². The summed E-state index contributed by atoms with van der Waals surface area (Å²) in [5, 5.41) is 9.40. The van der Waals surface area contributed by atoms with Crippen LogP contribution in [0.1, 0.15) is 41.0 Å². The van der Waals surface area contributed by atoms with Gasteiger partial charge in [0.1, 0.15) is 6.10 Å². The first-order valence-corrected chi connectivity index (χ1v) is 4.92. The molecule has 78 valence electrons. The topological polar surface area (TPSA) is 40.5 Å². The Labute approximate surface area is 80.7 Å². The molecule has 0 aliphatic carbocycles. The third-order valence-corrected chi connectivity index (χ3v) is 2.04. The van der Waals surface area contributed by atoms with Crippen LogP contribution in [0.15, 0.2) is 0 Å². The lowest BCUT2D eigenvalue weighted by Gasteiger charge is -2.32. The Balaban J connectivity index is 4.46. The third-order valence-electron chi connectivity index (χ3n) is 2.04. The van der Waals surface area contributed by atoms with E-state index < -0.39 is 6.10 Å². The molecule has 1 atom stereocenters. The number of aliphatic hydroxyl groups is 1. The second kappa shape index (κ2) is 5.22. The Morgan fingerprint density at radius 3 is 1.85 bits per heavy atom. The van der Waals surface area contributed by atoms with Crippen molar-refractivity contribution in [2.75, 3.05) is 0 Å². The number of rotatable bonds is 4. The molecule has 1 amide bonds. The molecular weight excluding hydrogens is 166 g/mol. The normalized spacial score (nSPS) is 13.5. The SMILES string of the molecule is CCC(O)C(=O)N(C(C)C)C(C)C. The lowest BCUT2D eigenvalue weighted by molar-refractivity contribution is -0.144. The molecule has 0 bridgehead atoms. The molecular formula is C10H21NO2. The molecule has 0 heterocycles. The first-order chi connectivity index (χ1) is 5.91. The number of aliphatic hydroxyl groups excluding tert-OH is 1. The number of carbonyl (C=O) groups excluding carboxylic acids is 1. The van der Waals surface area contributed by atoms with E-state index in [1.807, 2.05) is 27.7 Å². The highest BCUT2D eigenvalue weighted by Crippen LogP contribution is 2.08. The lowest BCUT2D eigenvalue weighted by Crippen LogP contribution is -2.47. The Bertz CT molecular complexity index is 158. The van der Waals surface area contributed by atoms with Crippen LogP contribution < -0.4 is 0 Å². The van der Waals surface area contributed by atoms with Gasteiger partial charge in [0.15, 0.2) is 0 Å². The monoisotopic (exact) mass is 187 g/mol. The van der Waals surface area contributed by atoms with E-state index in [1.165, 1.54) is 0 Å². The molecule has 1 unspecified atom stereocenters. The van der Waals surface area contributed by atoms with Crippen molar-refractivity contribution in [3.05, 3.63) is 0 Å². The van der Waals surface area contributed by atoms with Gasteiger partial charge in [-0.05, 0) is 34.1 Å². The zero-order valence-corrected chi connectivity index (χ0v) is 9.24. The molecule has 0 saturated heterocycles. The maximum atomic E-state index is 11.6. The first kappa shape index (κ1) is 12.4. The van der Waals surface area contributed by atoms with Crippen molar-refractivity contribution in [3.63, 3.8) is 0 Å². The van der Waals surface area contributed by atoms with Gasteiger partial charge in [-0.25, -0.2) is 0 Å². The summed E-state index contributed by atoms with van der Waals surface area (Å²) in [7, 11) is 0. The zero-order valence-electron chi connectivity index (χ0n) is 9.24. The molecule has 0 fully saturated rings. The van der Waals surface area contributed by atoms with Gasteiger partial charge in [0.05, 0.1) is 0 Å². The predicted octanol–water partition coefficient (Wildman–Crippen LogP) is 1.40.